The molecule has 2 heteroatoms. The minimum atomic E-state index is 0.224. The Morgan fingerprint density at radius 3 is 2.67 bits per heavy atom. The molecule has 0 aliphatic carbocycles. The summed E-state index contributed by atoms with van der Waals surface area (Å²) in [6.07, 6.45) is 0.552. The molecule has 0 radical (unpaired) electrons. The minimum Gasteiger partial charge on any atom is -0.316 e. The number of carbonyl (C=O) groups excluding carboxylic acids is 1. The molecular weight excluding hydrogens is 150 g/mol. The molecule has 0 bridgehead atoms. The van der Waals surface area contributed by atoms with E-state index in [0.717, 1.165) is 18.7 Å². The number of carbonyl (C=O) groups is 1. The van der Waals surface area contributed by atoms with E-state index in [1.54, 1.807) is 0 Å². The van der Waals surface area contributed by atoms with Crippen molar-refractivity contribution in [2.24, 2.45) is 11.8 Å². The van der Waals surface area contributed by atoms with Crippen LogP contribution in [-0.4, -0.2) is 18.9 Å². The average Bonchev–Trinajstić information content (AvgIpc) is 2.33. The molecule has 0 aromatic rings. The van der Waals surface area contributed by atoms with Gasteiger partial charge in [-0.15, -0.1) is 0 Å². The fourth-order valence-corrected chi connectivity index (χ4v) is 1.67. The van der Waals surface area contributed by atoms with E-state index in [0.29, 0.717) is 18.1 Å². The molecule has 0 spiro atoms. The Balaban J connectivity index is 2.46. The topological polar surface area (TPSA) is 29.1 Å². The first-order chi connectivity index (χ1) is 5.61. The molecule has 1 fully saturated rings. The van der Waals surface area contributed by atoms with Crippen LogP contribution in [-0.2, 0) is 4.79 Å². The van der Waals surface area contributed by atoms with Crippen molar-refractivity contribution < 1.29 is 4.79 Å². The van der Waals surface area contributed by atoms with E-state index in [4.69, 9.17) is 0 Å². The predicted octanol–water partition coefficient (Wildman–Crippen LogP) is 1.38. The molecule has 1 rings (SSSR count). The van der Waals surface area contributed by atoms with Crippen molar-refractivity contribution in [2.45, 2.75) is 20.3 Å². The number of allylic oxidation sites excluding steroid dienone is 1. The molecule has 1 saturated heterocycles. The van der Waals surface area contributed by atoms with Gasteiger partial charge in [0, 0.05) is 18.9 Å². The van der Waals surface area contributed by atoms with Gasteiger partial charge >= 0.3 is 0 Å². The summed E-state index contributed by atoms with van der Waals surface area (Å²) < 4.78 is 0. The van der Waals surface area contributed by atoms with Crippen LogP contribution in [0.2, 0.25) is 0 Å². The van der Waals surface area contributed by atoms with Gasteiger partial charge in [0.1, 0.15) is 5.78 Å². The maximum atomic E-state index is 11.6. The monoisotopic (exact) mass is 167 g/mol. The van der Waals surface area contributed by atoms with Gasteiger partial charge in [-0.1, -0.05) is 19.1 Å². The zero-order valence-electron chi connectivity index (χ0n) is 7.89. The van der Waals surface area contributed by atoms with Gasteiger partial charge in [-0.2, -0.15) is 0 Å². The van der Waals surface area contributed by atoms with Crippen LogP contribution in [0.1, 0.15) is 20.3 Å². The molecule has 1 heterocycles. The minimum absolute atomic E-state index is 0.224. The Labute approximate surface area is 74.0 Å². The highest BCUT2D eigenvalue weighted by Gasteiger charge is 2.28. The number of hydrogen-bond donors (Lipinski definition) is 1. The largest absolute Gasteiger partial charge is 0.316 e. The summed E-state index contributed by atoms with van der Waals surface area (Å²) in [5, 5.41) is 3.23. The number of ketones is 1. The van der Waals surface area contributed by atoms with Crippen LogP contribution in [0.3, 0.4) is 0 Å². The van der Waals surface area contributed by atoms with Gasteiger partial charge < -0.3 is 5.32 Å². The maximum absolute atomic E-state index is 11.6. The second kappa shape index (κ2) is 3.85. The van der Waals surface area contributed by atoms with Crippen LogP contribution < -0.4 is 5.32 Å². The van der Waals surface area contributed by atoms with Gasteiger partial charge in [0.25, 0.3) is 0 Å². The number of nitrogens with one attached hydrogen (secondary N) is 1. The zero-order chi connectivity index (χ0) is 9.14. The Hall–Kier alpha value is -0.630. The van der Waals surface area contributed by atoms with E-state index in [2.05, 4.69) is 18.8 Å². The van der Waals surface area contributed by atoms with E-state index < -0.39 is 0 Å². The highest BCUT2D eigenvalue weighted by molar-refractivity contribution is 5.83. The lowest BCUT2D eigenvalue weighted by atomic mass is 9.91. The Bertz CT molecular complexity index is 198. The van der Waals surface area contributed by atoms with Gasteiger partial charge in [-0.05, 0) is 19.4 Å². The number of hydrogen-bond acceptors (Lipinski definition) is 2. The molecule has 2 atom stereocenters. The molecule has 1 aliphatic heterocycles. The predicted molar refractivity (Wildman–Crippen MR) is 50.0 cm³/mol. The van der Waals surface area contributed by atoms with Crippen molar-refractivity contribution >= 4 is 5.78 Å². The van der Waals surface area contributed by atoms with Crippen LogP contribution in [0.15, 0.2) is 12.2 Å². The summed E-state index contributed by atoms with van der Waals surface area (Å²) in [6, 6.07) is 0. The van der Waals surface area contributed by atoms with Gasteiger partial charge in [0.2, 0.25) is 0 Å². The molecular formula is C10H17NO. The van der Waals surface area contributed by atoms with Crippen LogP contribution in [0.5, 0.6) is 0 Å². The second-order valence-corrected chi connectivity index (χ2v) is 3.84. The first-order valence-electron chi connectivity index (χ1n) is 4.49. The Kier molecular flexibility index (Phi) is 3.04. The summed E-state index contributed by atoms with van der Waals surface area (Å²) in [5.41, 5.74) is 0.971. The third-order valence-corrected chi connectivity index (χ3v) is 2.41. The van der Waals surface area contributed by atoms with Gasteiger partial charge in [0.05, 0.1) is 0 Å². The van der Waals surface area contributed by atoms with Gasteiger partial charge in [-0.25, -0.2) is 0 Å². The molecule has 1 aliphatic rings. The van der Waals surface area contributed by atoms with E-state index >= 15 is 0 Å². The third kappa shape index (κ3) is 2.18. The van der Waals surface area contributed by atoms with E-state index in [9.17, 15) is 4.79 Å². The zero-order valence-corrected chi connectivity index (χ0v) is 7.89. The standard InChI is InChI=1S/C10H17NO/c1-7(2)4-10(12)9-6-11-5-8(9)3/h8-9,11H,1,4-6H2,2-3H3. The highest BCUT2D eigenvalue weighted by Crippen LogP contribution is 2.19. The van der Waals surface area contributed by atoms with E-state index in [1.807, 2.05) is 6.92 Å². The van der Waals surface area contributed by atoms with Crippen molar-refractivity contribution in [3.05, 3.63) is 12.2 Å². The molecule has 68 valence electrons. The van der Waals surface area contributed by atoms with Crippen LogP contribution in [0, 0.1) is 11.8 Å². The summed E-state index contributed by atoms with van der Waals surface area (Å²) >= 11 is 0. The van der Waals surface area contributed by atoms with Gasteiger partial charge in [-0.3, -0.25) is 4.79 Å². The SMILES string of the molecule is C=C(C)CC(=O)C1CNCC1C. The molecule has 2 nitrogen and oxygen atoms in total. The quantitative estimate of drug-likeness (QED) is 0.643. The fourth-order valence-electron chi connectivity index (χ4n) is 1.67. The molecule has 12 heavy (non-hydrogen) atoms. The lowest BCUT2D eigenvalue weighted by Gasteiger charge is -2.12. The van der Waals surface area contributed by atoms with Crippen molar-refractivity contribution in [3.63, 3.8) is 0 Å². The fraction of sp³-hybridized carbons (Fsp3) is 0.700. The Morgan fingerprint density at radius 2 is 2.25 bits per heavy atom. The summed E-state index contributed by atoms with van der Waals surface area (Å²) in [4.78, 5) is 11.6. The van der Waals surface area contributed by atoms with Crippen LogP contribution in [0.4, 0.5) is 0 Å². The van der Waals surface area contributed by atoms with E-state index in [-0.39, 0.29) is 5.92 Å². The van der Waals surface area contributed by atoms with E-state index in [1.165, 1.54) is 0 Å². The summed E-state index contributed by atoms with van der Waals surface area (Å²) in [5.74, 6) is 1.07. The summed E-state index contributed by atoms with van der Waals surface area (Å²) in [6.45, 7) is 9.62. The van der Waals surface area contributed by atoms with Crippen molar-refractivity contribution in [3.8, 4) is 0 Å². The normalized spacial score (nSPS) is 28.8. The first kappa shape index (κ1) is 9.46. The van der Waals surface area contributed by atoms with Crippen molar-refractivity contribution in [2.75, 3.05) is 13.1 Å². The number of rotatable bonds is 3. The highest BCUT2D eigenvalue weighted by atomic mass is 16.1. The molecule has 0 aromatic heterocycles. The Morgan fingerprint density at radius 1 is 1.58 bits per heavy atom. The molecule has 0 amide bonds. The van der Waals surface area contributed by atoms with Gasteiger partial charge in [0.15, 0.2) is 0 Å². The summed E-state index contributed by atoms with van der Waals surface area (Å²) in [7, 11) is 0. The number of Topliss-reactive ketones (excluding diaryl/α,β-unsaturated/α-hetero) is 1. The lowest BCUT2D eigenvalue weighted by molar-refractivity contribution is -0.122. The molecule has 0 aromatic carbocycles. The van der Waals surface area contributed by atoms with Crippen LogP contribution >= 0.6 is 0 Å². The lowest BCUT2D eigenvalue weighted by Crippen LogP contribution is -2.21. The van der Waals surface area contributed by atoms with Crippen molar-refractivity contribution in [1.29, 1.82) is 0 Å². The third-order valence-electron chi connectivity index (χ3n) is 2.41. The average molecular weight is 167 g/mol. The van der Waals surface area contributed by atoms with Crippen molar-refractivity contribution in [1.82, 2.24) is 5.32 Å². The smallest absolute Gasteiger partial charge is 0.141 e. The molecule has 1 N–H and O–H groups in total. The molecule has 2 unspecified atom stereocenters. The maximum Gasteiger partial charge on any atom is 0.141 e. The first-order valence-corrected chi connectivity index (χ1v) is 4.49. The van der Waals surface area contributed by atoms with Crippen LogP contribution in [0.25, 0.3) is 0 Å². The second-order valence-electron chi connectivity index (χ2n) is 3.84. The molecule has 0 saturated carbocycles.